The molecule has 2 saturated heterocycles. The minimum Gasteiger partial charge on any atom is -0.356 e. The van der Waals surface area contributed by atoms with Gasteiger partial charge in [-0.3, -0.25) is 19.2 Å². The number of hydrogen-bond donors (Lipinski definition) is 3. The summed E-state index contributed by atoms with van der Waals surface area (Å²) in [5.41, 5.74) is -1.31. The quantitative estimate of drug-likeness (QED) is 0.349. The Morgan fingerprint density at radius 2 is 1.76 bits per heavy atom. The van der Waals surface area contributed by atoms with Gasteiger partial charge in [0.15, 0.2) is 0 Å². The molecule has 3 rings (SSSR count). The SMILES string of the molecule is CC(C)(C)[C@@H](NC(=O)C(F)(F)F)C(=O)N1C[C@H]2CC(F)(F)C[C@H]2[C@H]1C(=O)N[C@H](/C=C(\F)S(C)(=O)=O)C[C@H]1CCNC1=O. The number of rotatable bonds is 8. The van der Waals surface area contributed by atoms with Crippen molar-refractivity contribution in [1.82, 2.24) is 20.9 Å². The number of amides is 4. The van der Waals surface area contributed by atoms with Crippen LogP contribution in [0.25, 0.3) is 0 Å². The molecule has 0 bridgehead atoms. The molecule has 4 amide bonds. The summed E-state index contributed by atoms with van der Waals surface area (Å²) < 4.78 is 106. The zero-order chi connectivity index (χ0) is 32.0. The molecule has 10 nitrogen and oxygen atoms in total. The van der Waals surface area contributed by atoms with Crippen LogP contribution in [0, 0.1) is 23.2 Å². The van der Waals surface area contributed by atoms with Crippen LogP contribution in [0.1, 0.15) is 46.5 Å². The monoisotopic (exact) mass is 632 g/mol. The van der Waals surface area contributed by atoms with Crippen molar-refractivity contribution in [1.29, 1.82) is 0 Å². The van der Waals surface area contributed by atoms with Crippen LogP contribution < -0.4 is 16.0 Å². The Balaban J connectivity index is 1.97. The van der Waals surface area contributed by atoms with Crippen molar-refractivity contribution in [3.05, 3.63) is 11.2 Å². The number of carbonyl (C=O) groups excluding carboxylic acids is 4. The van der Waals surface area contributed by atoms with E-state index >= 15 is 0 Å². The molecule has 0 unspecified atom stereocenters. The predicted octanol–water partition coefficient (Wildman–Crippen LogP) is 1.82. The molecule has 3 aliphatic rings. The molecular weight excluding hydrogens is 598 g/mol. The molecule has 0 radical (unpaired) electrons. The Morgan fingerprint density at radius 1 is 1.14 bits per heavy atom. The lowest BCUT2D eigenvalue weighted by molar-refractivity contribution is -0.176. The lowest BCUT2D eigenvalue weighted by Gasteiger charge is -2.37. The maximum absolute atomic E-state index is 14.5. The molecular formula is C25H34F6N4O6S. The van der Waals surface area contributed by atoms with Crippen molar-refractivity contribution in [2.75, 3.05) is 19.3 Å². The number of sulfone groups is 1. The Bertz CT molecular complexity index is 1250. The standard InChI is InChI=1S/C25H34F6N4O6S/c1-23(2,3)18(34-22(39)25(29,30)31)21(38)35-11-13-9-24(27,28)10-15(13)17(35)20(37)33-14(8-16(26)42(4,40)41)7-12-5-6-32-19(12)36/h8,12-15,17-18H,5-7,9-11H2,1-4H3,(H,32,36)(H,33,37)(H,34,39)/b16-8+/t12-,13-,14+,15-,17+,18+/m1/s1. The fourth-order valence-corrected chi connectivity index (χ4v) is 6.19. The number of likely N-dealkylation sites (tertiary alicyclic amines) is 1. The second kappa shape index (κ2) is 11.7. The van der Waals surface area contributed by atoms with Gasteiger partial charge in [-0.25, -0.2) is 17.2 Å². The largest absolute Gasteiger partial charge is 0.471 e. The fraction of sp³-hybridized carbons (Fsp3) is 0.760. The van der Waals surface area contributed by atoms with Crippen LogP contribution in [-0.4, -0.2) is 86.5 Å². The lowest BCUT2D eigenvalue weighted by atomic mass is 9.85. The van der Waals surface area contributed by atoms with Gasteiger partial charge in [0, 0.05) is 38.1 Å². The van der Waals surface area contributed by atoms with Crippen LogP contribution in [-0.2, 0) is 29.0 Å². The lowest BCUT2D eigenvalue weighted by Crippen LogP contribution is -2.60. The molecule has 2 aliphatic heterocycles. The minimum atomic E-state index is -5.33. The number of halogens is 6. The van der Waals surface area contributed by atoms with Crippen molar-refractivity contribution in [2.24, 2.45) is 23.2 Å². The summed E-state index contributed by atoms with van der Waals surface area (Å²) >= 11 is 0. The molecule has 3 fully saturated rings. The minimum absolute atomic E-state index is 0.252. The van der Waals surface area contributed by atoms with Crippen LogP contribution in [0.15, 0.2) is 11.2 Å². The van der Waals surface area contributed by atoms with E-state index in [1.807, 2.05) is 0 Å². The second-order valence-corrected chi connectivity index (χ2v) is 14.2. The molecule has 42 heavy (non-hydrogen) atoms. The van der Waals surface area contributed by atoms with Crippen molar-refractivity contribution in [3.8, 4) is 0 Å². The van der Waals surface area contributed by atoms with Gasteiger partial charge in [0.1, 0.15) is 12.1 Å². The molecule has 1 saturated carbocycles. The first-order valence-corrected chi connectivity index (χ1v) is 15.1. The smallest absolute Gasteiger partial charge is 0.356 e. The summed E-state index contributed by atoms with van der Waals surface area (Å²) in [6, 6.07) is -4.87. The van der Waals surface area contributed by atoms with Crippen molar-refractivity contribution in [2.45, 2.75) is 76.7 Å². The van der Waals surface area contributed by atoms with E-state index < -0.39 is 111 Å². The third-order valence-electron chi connectivity index (χ3n) is 7.79. The summed E-state index contributed by atoms with van der Waals surface area (Å²) in [5, 5.41) is 4.95. The van der Waals surface area contributed by atoms with E-state index in [2.05, 4.69) is 10.6 Å². The molecule has 0 aromatic heterocycles. The van der Waals surface area contributed by atoms with Crippen LogP contribution in [0.4, 0.5) is 26.3 Å². The first kappa shape index (κ1) is 33.6. The van der Waals surface area contributed by atoms with E-state index in [0.29, 0.717) is 12.3 Å². The van der Waals surface area contributed by atoms with Crippen LogP contribution in [0.2, 0.25) is 0 Å². The van der Waals surface area contributed by atoms with Crippen LogP contribution in [0.5, 0.6) is 0 Å². The first-order valence-electron chi connectivity index (χ1n) is 13.2. The first-order chi connectivity index (χ1) is 19.0. The summed E-state index contributed by atoms with van der Waals surface area (Å²) in [4.78, 5) is 52.0. The molecule has 0 aromatic carbocycles. The third kappa shape index (κ3) is 7.75. The number of hydrogen-bond acceptors (Lipinski definition) is 6. The van der Waals surface area contributed by atoms with Crippen LogP contribution in [0.3, 0.4) is 0 Å². The van der Waals surface area contributed by atoms with Gasteiger partial charge < -0.3 is 20.9 Å². The van der Waals surface area contributed by atoms with E-state index in [4.69, 9.17) is 0 Å². The highest BCUT2D eigenvalue weighted by molar-refractivity contribution is 7.94. The van der Waals surface area contributed by atoms with E-state index in [0.717, 1.165) is 4.90 Å². The third-order valence-corrected chi connectivity index (χ3v) is 8.63. The van der Waals surface area contributed by atoms with Gasteiger partial charge in [-0.1, -0.05) is 20.8 Å². The van der Waals surface area contributed by atoms with Gasteiger partial charge in [0.2, 0.25) is 38.6 Å². The fourth-order valence-electron chi connectivity index (χ4n) is 5.78. The summed E-state index contributed by atoms with van der Waals surface area (Å²) in [7, 11) is -4.36. The number of fused-ring (bicyclic) bond motifs is 1. The topological polar surface area (TPSA) is 142 Å². The number of alkyl halides is 5. The van der Waals surface area contributed by atoms with Crippen molar-refractivity contribution >= 4 is 33.5 Å². The summed E-state index contributed by atoms with van der Waals surface area (Å²) in [6.45, 7) is 3.97. The van der Waals surface area contributed by atoms with E-state index in [1.165, 1.54) is 20.8 Å². The maximum atomic E-state index is 14.5. The van der Waals surface area contributed by atoms with Gasteiger partial charge >= 0.3 is 12.1 Å². The molecule has 2 heterocycles. The molecule has 0 aromatic rings. The van der Waals surface area contributed by atoms with Gasteiger partial charge in [-0.2, -0.15) is 17.6 Å². The van der Waals surface area contributed by atoms with Crippen LogP contribution >= 0.6 is 0 Å². The molecule has 238 valence electrons. The highest BCUT2D eigenvalue weighted by Gasteiger charge is 2.59. The maximum Gasteiger partial charge on any atom is 0.471 e. The normalized spacial score (nSPS) is 27.7. The predicted molar refractivity (Wildman–Crippen MR) is 136 cm³/mol. The zero-order valence-corrected chi connectivity index (χ0v) is 24.2. The summed E-state index contributed by atoms with van der Waals surface area (Å²) in [6.07, 6.45) is -5.67. The molecule has 3 N–H and O–H groups in total. The van der Waals surface area contributed by atoms with E-state index in [1.54, 1.807) is 5.32 Å². The molecule has 6 atom stereocenters. The highest BCUT2D eigenvalue weighted by atomic mass is 32.2. The Hall–Kier alpha value is -2.85. The number of nitrogens with zero attached hydrogens (tertiary/aromatic N) is 1. The highest BCUT2D eigenvalue weighted by Crippen LogP contribution is 2.50. The van der Waals surface area contributed by atoms with Gasteiger partial charge in [0.25, 0.3) is 0 Å². The molecule has 17 heteroatoms. The van der Waals surface area contributed by atoms with E-state index in [9.17, 15) is 53.9 Å². The van der Waals surface area contributed by atoms with Crippen molar-refractivity contribution < 1.29 is 53.9 Å². The average Bonchev–Trinajstić information content (AvgIpc) is 3.45. The Kier molecular flexibility index (Phi) is 9.36. The summed E-state index contributed by atoms with van der Waals surface area (Å²) in [5.74, 6) is -11.0. The molecule has 0 spiro atoms. The van der Waals surface area contributed by atoms with Crippen molar-refractivity contribution in [3.63, 3.8) is 0 Å². The van der Waals surface area contributed by atoms with E-state index in [-0.39, 0.29) is 19.4 Å². The number of carbonyl (C=O) groups is 4. The average molecular weight is 633 g/mol. The molecule has 1 aliphatic carbocycles. The Labute approximate surface area is 238 Å². The second-order valence-electron chi connectivity index (χ2n) is 12.3. The van der Waals surface area contributed by atoms with Gasteiger partial charge in [0.05, 0.1) is 6.04 Å². The van der Waals surface area contributed by atoms with Gasteiger partial charge in [-0.05, 0) is 36.2 Å². The number of nitrogens with one attached hydrogen (secondary N) is 3. The Morgan fingerprint density at radius 3 is 2.26 bits per heavy atom. The zero-order valence-electron chi connectivity index (χ0n) is 23.4. The van der Waals surface area contributed by atoms with Gasteiger partial charge in [-0.15, -0.1) is 0 Å².